The third-order valence-electron chi connectivity index (χ3n) is 5.18. The molecule has 3 aromatic rings. The molecule has 0 aliphatic carbocycles. The zero-order chi connectivity index (χ0) is 21.3. The average Bonchev–Trinajstić information content (AvgIpc) is 3.19. The van der Waals surface area contributed by atoms with Crippen LogP contribution < -0.4 is 4.90 Å². The molecule has 0 spiro atoms. The number of sulfone groups is 1. The van der Waals surface area contributed by atoms with Gasteiger partial charge in [-0.15, -0.1) is 11.3 Å². The van der Waals surface area contributed by atoms with Crippen LogP contribution in [0.15, 0.2) is 57.2 Å². The third kappa shape index (κ3) is 4.86. The molecule has 30 heavy (non-hydrogen) atoms. The van der Waals surface area contributed by atoms with Crippen molar-refractivity contribution in [3.8, 4) is 0 Å². The van der Waals surface area contributed by atoms with Crippen LogP contribution in [0.25, 0.3) is 0 Å². The predicted octanol–water partition coefficient (Wildman–Crippen LogP) is 6.25. The Morgan fingerprint density at radius 1 is 1.10 bits per heavy atom. The molecule has 9 heteroatoms. The predicted molar refractivity (Wildman–Crippen MR) is 128 cm³/mol. The van der Waals surface area contributed by atoms with Gasteiger partial charge in [-0.1, -0.05) is 51.3 Å². The number of thiazole rings is 1. The molecule has 0 amide bonds. The first-order chi connectivity index (χ1) is 14.3. The molecule has 0 atom stereocenters. The Morgan fingerprint density at radius 3 is 2.57 bits per heavy atom. The van der Waals surface area contributed by atoms with Gasteiger partial charge in [-0.2, -0.15) is 0 Å². The van der Waals surface area contributed by atoms with Gasteiger partial charge in [-0.05, 0) is 48.7 Å². The Bertz CT molecular complexity index is 1160. The third-order valence-corrected chi connectivity index (χ3v) is 9.63. The number of rotatable bonds is 5. The number of anilines is 1. The number of aromatic nitrogens is 1. The molecule has 0 bridgehead atoms. The molecule has 2 heterocycles. The van der Waals surface area contributed by atoms with E-state index in [1.54, 1.807) is 35.6 Å². The van der Waals surface area contributed by atoms with Gasteiger partial charge in [0, 0.05) is 29.4 Å². The minimum absolute atomic E-state index is 0.362. The summed E-state index contributed by atoms with van der Waals surface area (Å²) in [6, 6.07) is 12.5. The molecule has 4 rings (SSSR count). The van der Waals surface area contributed by atoms with E-state index in [0.717, 1.165) is 20.9 Å². The molecule has 4 nitrogen and oxygen atoms in total. The fourth-order valence-electron chi connectivity index (χ4n) is 3.58. The van der Waals surface area contributed by atoms with Crippen LogP contribution in [0.3, 0.4) is 0 Å². The van der Waals surface area contributed by atoms with E-state index < -0.39 is 9.84 Å². The number of benzene rings is 2. The molecule has 1 fully saturated rings. The Hall–Kier alpha value is -1.12. The van der Waals surface area contributed by atoms with E-state index >= 15 is 0 Å². The van der Waals surface area contributed by atoms with E-state index in [0.29, 0.717) is 47.3 Å². The van der Waals surface area contributed by atoms with Gasteiger partial charge in [0.25, 0.3) is 0 Å². The number of piperidine rings is 1. The largest absolute Gasteiger partial charge is 0.348 e. The van der Waals surface area contributed by atoms with Crippen LogP contribution >= 0.6 is 50.5 Å². The van der Waals surface area contributed by atoms with Gasteiger partial charge in [0.15, 0.2) is 15.0 Å². The minimum Gasteiger partial charge on any atom is -0.348 e. The maximum Gasteiger partial charge on any atom is 0.185 e. The Kier molecular flexibility index (Phi) is 6.75. The van der Waals surface area contributed by atoms with E-state index in [9.17, 15) is 8.42 Å². The summed E-state index contributed by atoms with van der Waals surface area (Å²) in [6.45, 7) is 1.36. The first-order valence-electron chi connectivity index (χ1n) is 9.45. The van der Waals surface area contributed by atoms with Crippen LogP contribution in [0, 0.1) is 0 Å². The number of halogens is 3. The fourth-order valence-corrected chi connectivity index (χ4v) is 7.10. The van der Waals surface area contributed by atoms with Crippen molar-refractivity contribution < 1.29 is 8.42 Å². The van der Waals surface area contributed by atoms with Crippen molar-refractivity contribution in [1.82, 2.24) is 4.98 Å². The van der Waals surface area contributed by atoms with Gasteiger partial charge < -0.3 is 4.90 Å². The smallest absolute Gasteiger partial charge is 0.185 e. The van der Waals surface area contributed by atoms with Crippen LogP contribution in [0.5, 0.6) is 0 Å². The van der Waals surface area contributed by atoms with Crippen LogP contribution in [0.4, 0.5) is 5.13 Å². The van der Waals surface area contributed by atoms with Crippen molar-refractivity contribution in [2.24, 2.45) is 0 Å². The second kappa shape index (κ2) is 9.17. The zero-order valence-electron chi connectivity index (χ0n) is 15.9. The Labute approximate surface area is 198 Å². The van der Waals surface area contributed by atoms with E-state index in [-0.39, 0.29) is 5.25 Å². The summed E-state index contributed by atoms with van der Waals surface area (Å²) in [5.41, 5.74) is 2.03. The lowest BCUT2D eigenvalue weighted by molar-refractivity contribution is 0.529. The molecule has 1 aliphatic heterocycles. The van der Waals surface area contributed by atoms with Gasteiger partial charge in [-0.3, -0.25) is 0 Å². The van der Waals surface area contributed by atoms with Crippen LogP contribution in [0.2, 0.25) is 10.0 Å². The fraction of sp³-hybridized carbons (Fsp3) is 0.286. The van der Waals surface area contributed by atoms with Gasteiger partial charge >= 0.3 is 0 Å². The van der Waals surface area contributed by atoms with Gasteiger partial charge in [0.1, 0.15) is 0 Å². The summed E-state index contributed by atoms with van der Waals surface area (Å²) in [5, 5.41) is 3.70. The standard InChI is InChI=1S/C21H19BrCl2N2O2S2/c22-15-2-1-3-18(12-15)30(27,28)17-6-8-26(9-7-17)21-25-16(13-29-21)10-14-4-5-19(23)20(24)11-14/h1-5,11-13,17H,6-10H2. The van der Waals surface area contributed by atoms with E-state index in [2.05, 4.69) is 20.8 Å². The number of hydrogen-bond donors (Lipinski definition) is 0. The highest BCUT2D eigenvalue weighted by atomic mass is 79.9. The Balaban J connectivity index is 1.40. The minimum atomic E-state index is -3.33. The molecular weight excluding hydrogens is 527 g/mol. The normalized spacial score (nSPS) is 15.5. The van der Waals surface area contributed by atoms with Crippen molar-refractivity contribution >= 4 is 65.4 Å². The second-order valence-corrected chi connectivity index (χ2v) is 12.0. The Morgan fingerprint density at radius 2 is 1.87 bits per heavy atom. The van der Waals surface area contributed by atoms with Gasteiger partial charge in [-0.25, -0.2) is 13.4 Å². The van der Waals surface area contributed by atoms with Crippen LogP contribution in [-0.4, -0.2) is 31.7 Å². The summed E-state index contributed by atoms with van der Waals surface area (Å²) in [5.74, 6) is 0. The van der Waals surface area contributed by atoms with Crippen LogP contribution in [0.1, 0.15) is 24.1 Å². The maximum atomic E-state index is 13.0. The van der Waals surface area contributed by atoms with Gasteiger partial charge in [0.05, 0.1) is 25.9 Å². The molecule has 158 valence electrons. The van der Waals surface area contributed by atoms with E-state index in [1.165, 1.54) is 0 Å². The lowest BCUT2D eigenvalue weighted by Gasteiger charge is -2.31. The lowest BCUT2D eigenvalue weighted by Crippen LogP contribution is -2.39. The first-order valence-corrected chi connectivity index (χ1v) is 13.4. The highest BCUT2D eigenvalue weighted by molar-refractivity contribution is 9.10. The highest BCUT2D eigenvalue weighted by Gasteiger charge is 2.32. The van der Waals surface area contributed by atoms with Crippen molar-refractivity contribution in [2.45, 2.75) is 29.4 Å². The quantitative estimate of drug-likeness (QED) is 0.380. The van der Waals surface area contributed by atoms with Crippen molar-refractivity contribution in [3.05, 3.63) is 73.6 Å². The van der Waals surface area contributed by atoms with Crippen molar-refractivity contribution in [1.29, 1.82) is 0 Å². The molecule has 0 radical (unpaired) electrons. The summed E-state index contributed by atoms with van der Waals surface area (Å²) in [6.07, 6.45) is 1.87. The summed E-state index contributed by atoms with van der Waals surface area (Å²) in [4.78, 5) is 7.31. The lowest BCUT2D eigenvalue weighted by atomic mass is 10.1. The molecule has 1 aliphatic rings. The second-order valence-electron chi connectivity index (χ2n) is 7.24. The average molecular weight is 546 g/mol. The molecule has 1 aromatic heterocycles. The molecule has 0 unspecified atom stereocenters. The topological polar surface area (TPSA) is 50.3 Å². The van der Waals surface area contributed by atoms with Gasteiger partial charge in [0.2, 0.25) is 0 Å². The van der Waals surface area contributed by atoms with E-state index in [1.807, 2.05) is 23.6 Å². The highest BCUT2D eigenvalue weighted by Crippen LogP contribution is 2.31. The number of nitrogens with zero attached hydrogens (tertiary/aromatic N) is 2. The maximum absolute atomic E-state index is 13.0. The van der Waals surface area contributed by atoms with E-state index in [4.69, 9.17) is 28.2 Å². The zero-order valence-corrected chi connectivity index (χ0v) is 20.6. The van der Waals surface area contributed by atoms with Crippen molar-refractivity contribution in [2.75, 3.05) is 18.0 Å². The molecule has 0 N–H and O–H groups in total. The summed E-state index contributed by atoms with van der Waals surface area (Å²) < 4.78 is 26.7. The monoisotopic (exact) mass is 544 g/mol. The van der Waals surface area contributed by atoms with Crippen molar-refractivity contribution in [3.63, 3.8) is 0 Å². The summed E-state index contributed by atoms with van der Waals surface area (Å²) in [7, 11) is -3.33. The van der Waals surface area contributed by atoms with Crippen LogP contribution in [-0.2, 0) is 16.3 Å². The SMILES string of the molecule is O=S(=O)(c1cccc(Br)c1)C1CCN(c2nc(Cc3ccc(Cl)c(Cl)c3)cs2)CC1. The molecule has 2 aromatic carbocycles. The first kappa shape index (κ1) is 22.1. The molecule has 1 saturated heterocycles. The molecular formula is C21H19BrCl2N2O2S2. The number of hydrogen-bond acceptors (Lipinski definition) is 5. The summed E-state index contributed by atoms with van der Waals surface area (Å²) >= 11 is 17.0. The molecule has 0 saturated carbocycles.